The molecule has 0 heterocycles. The predicted molar refractivity (Wildman–Crippen MR) is 77.5 cm³/mol. The van der Waals surface area contributed by atoms with Gasteiger partial charge in [0, 0.05) is 19.5 Å². The van der Waals surface area contributed by atoms with E-state index in [2.05, 4.69) is 17.6 Å². The van der Waals surface area contributed by atoms with Crippen molar-refractivity contribution in [3.05, 3.63) is 0 Å². The maximum Gasteiger partial charge on any atom is 0.314 e. The Morgan fingerprint density at radius 3 is 2.38 bits per heavy atom. The van der Waals surface area contributed by atoms with Crippen molar-refractivity contribution >= 4 is 17.9 Å². The number of nitrogens with one attached hydrogen (secondary N) is 2. The fourth-order valence-corrected chi connectivity index (χ4v) is 2.56. The van der Waals surface area contributed by atoms with Gasteiger partial charge < -0.3 is 21.5 Å². The van der Waals surface area contributed by atoms with Gasteiger partial charge in [-0.3, -0.25) is 9.59 Å². The van der Waals surface area contributed by atoms with Gasteiger partial charge in [0.1, 0.15) is 0 Å². The van der Waals surface area contributed by atoms with Crippen LogP contribution in [0.25, 0.3) is 0 Å². The summed E-state index contributed by atoms with van der Waals surface area (Å²) in [6.45, 7) is 2.59. The van der Waals surface area contributed by atoms with E-state index >= 15 is 0 Å². The Hall–Kier alpha value is -1.79. The van der Waals surface area contributed by atoms with Crippen LogP contribution in [-0.2, 0) is 9.59 Å². The molecule has 0 aromatic heterocycles. The molecule has 0 atom stereocenters. The Kier molecular flexibility index (Phi) is 6.45. The van der Waals surface area contributed by atoms with E-state index in [1.54, 1.807) is 0 Å². The number of carbonyl (C=O) groups is 3. The van der Waals surface area contributed by atoms with Crippen molar-refractivity contribution in [3.63, 3.8) is 0 Å². The van der Waals surface area contributed by atoms with Gasteiger partial charge in [0.2, 0.25) is 5.91 Å². The molecule has 0 saturated heterocycles. The van der Waals surface area contributed by atoms with Gasteiger partial charge in [-0.25, -0.2) is 4.79 Å². The second kappa shape index (κ2) is 7.85. The minimum atomic E-state index is -0.850. The predicted octanol–water partition coefficient (Wildman–Crippen LogP) is 0.832. The molecule has 1 saturated carbocycles. The van der Waals surface area contributed by atoms with Crippen molar-refractivity contribution in [2.24, 2.45) is 17.1 Å². The number of rotatable bonds is 7. The van der Waals surface area contributed by atoms with Crippen LogP contribution in [-0.4, -0.2) is 36.1 Å². The lowest BCUT2D eigenvalue weighted by Crippen LogP contribution is -2.48. The molecule has 7 nitrogen and oxygen atoms in total. The van der Waals surface area contributed by atoms with Gasteiger partial charge in [0.05, 0.1) is 5.41 Å². The molecule has 1 aliphatic rings. The lowest BCUT2D eigenvalue weighted by atomic mass is 9.71. The molecular weight excluding hydrogens is 274 g/mol. The largest absolute Gasteiger partial charge is 0.481 e. The molecule has 1 rings (SSSR count). The zero-order valence-electron chi connectivity index (χ0n) is 12.5. The van der Waals surface area contributed by atoms with Crippen LogP contribution in [0.5, 0.6) is 0 Å². The SMILES string of the molecule is CC1CCC(CNC(=O)NCCCC(N)=O)(C(=O)O)CC1. The molecular formula is C14H25N3O4. The van der Waals surface area contributed by atoms with E-state index in [1.165, 1.54) is 0 Å². The van der Waals surface area contributed by atoms with Crippen LogP contribution in [0.1, 0.15) is 45.4 Å². The molecule has 1 aliphatic carbocycles. The number of nitrogens with two attached hydrogens (primary N) is 1. The lowest BCUT2D eigenvalue weighted by molar-refractivity contribution is -0.151. The van der Waals surface area contributed by atoms with Crippen LogP contribution >= 0.6 is 0 Å². The number of primary amides is 1. The fraction of sp³-hybridized carbons (Fsp3) is 0.786. The Balaban J connectivity index is 2.35. The van der Waals surface area contributed by atoms with Crippen LogP contribution in [0.4, 0.5) is 4.79 Å². The van der Waals surface area contributed by atoms with Gasteiger partial charge in [-0.2, -0.15) is 0 Å². The van der Waals surface area contributed by atoms with Gasteiger partial charge in [-0.1, -0.05) is 6.92 Å². The van der Waals surface area contributed by atoms with Gasteiger partial charge in [-0.05, 0) is 38.0 Å². The van der Waals surface area contributed by atoms with Crippen LogP contribution in [0.2, 0.25) is 0 Å². The maximum absolute atomic E-state index is 11.6. The van der Waals surface area contributed by atoms with Crippen molar-refractivity contribution in [1.29, 1.82) is 0 Å². The molecule has 0 aliphatic heterocycles. The molecule has 0 aromatic carbocycles. The molecule has 21 heavy (non-hydrogen) atoms. The van der Waals surface area contributed by atoms with Crippen molar-refractivity contribution in [1.82, 2.24) is 10.6 Å². The summed E-state index contributed by atoms with van der Waals surface area (Å²) in [7, 11) is 0. The second-order valence-corrected chi connectivity index (χ2v) is 5.95. The van der Waals surface area contributed by atoms with E-state index in [-0.39, 0.29) is 13.0 Å². The van der Waals surface area contributed by atoms with Gasteiger partial charge in [0.15, 0.2) is 0 Å². The molecule has 0 aromatic rings. The van der Waals surface area contributed by atoms with Crippen LogP contribution in [0.3, 0.4) is 0 Å². The Labute approximate surface area is 124 Å². The molecule has 0 bridgehead atoms. The average Bonchev–Trinajstić information content (AvgIpc) is 2.43. The number of hydrogen-bond donors (Lipinski definition) is 4. The average molecular weight is 299 g/mol. The second-order valence-electron chi connectivity index (χ2n) is 5.95. The van der Waals surface area contributed by atoms with Crippen molar-refractivity contribution in [2.45, 2.75) is 45.4 Å². The quantitative estimate of drug-likeness (QED) is 0.520. The van der Waals surface area contributed by atoms with Gasteiger partial charge in [-0.15, -0.1) is 0 Å². The highest BCUT2D eigenvalue weighted by atomic mass is 16.4. The highest BCUT2D eigenvalue weighted by Gasteiger charge is 2.41. The van der Waals surface area contributed by atoms with Crippen LogP contribution in [0.15, 0.2) is 0 Å². The minimum absolute atomic E-state index is 0.136. The first-order chi connectivity index (χ1) is 9.85. The summed E-state index contributed by atoms with van der Waals surface area (Å²) in [6, 6.07) is -0.404. The summed E-state index contributed by atoms with van der Waals surface area (Å²) in [6.07, 6.45) is 3.61. The van der Waals surface area contributed by atoms with Crippen molar-refractivity contribution < 1.29 is 19.5 Å². The van der Waals surface area contributed by atoms with E-state index in [9.17, 15) is 19.5 Å². The van der Waals surface area contributed by atoms with Gasteiger partial charge >= 0.3 is 12.0 Å². The third-order valence-corrected chi connectivity index (χ3v) is 4.16. The highest BCUT2D eigenvalue weighted by molar-refractivity contribution is 5.78. The molecule has 3 amide bonds. The molecule has 1 fully saturated rings. The Bertz CT molecular complexity index is 390. The highest BCUT2D eigenvalue weighted by Crippen LogP contribution is 2.38. The van der Waals surface area contributed by atoms with E-state index in [0.717, 1.165) is 12.8 Å². The van der Waals surface area contributed by atoms with Crippen molar-refractivity contribution in [2.75, 3.05) is 13.1 Å². The molecule has 120 valence electrons. The monoisotopic (exact) mass is 299 g/mol. The molecule has 0 unspecified atom stereocenters. The normalized spacial score (nSPS) is 25.1. The third-order valence-electron chi connectivity index (χ3n) is 4.16. The number of carbonyl (C=O) groups excluding carboxylic acids is 2. The number of carboxylic acid groups (broad SMARTS) is 1. The number of hydrogen-bond acceptors (Lipinski definition) is 3. The standard InChI is InChI=1S/C14H25N3O4/c1-10-4-6-14(7-5-10,12(19)20)9-17-13(21)16-8-2-3-11(15)18/h10H,2-9H2,1H3,(H2,15,18)(H,19,20)(H2,16,17,21). The van der Waals surface area contributed by atoms with E-state index < -0.39 is 23.3 Å². The molecule has 7 heteroatoms. The zero-order valence-corrected chi connectivity index (χ0v) is 12.5. The summed E-state index contributed by atoms with van der Waals surface area (Å²) in [5.74, 6) is -0.707. The number of urea groups is 1. The van der Waals surface area contributed by atoms with E-state index in [4.69, 9.17) is 5.73 Å². The summed E-state index contributed by atoms with van der Waals surface area (Å²) in [5.41, 5.74) is 4.14. The number of amides is 3. The third kappa shape index (κ3) is 5.61. The minimum Gasteiger partial charge on any atom is -0.481 e. The van der Waals surface area contributed by atoms with Crippen molar-refractivity contribution in [3.8, 4) is 0 Å². The zero-order chi connectivity index (χ0) is 15.9. The topological polar surface area (TPSA) is 122 Å². The molecule has 0 spiro atoms. The Morgan fingerprint density at radius 2 is 1.86 bits per heavy atom. The lowest BCUT2D eigenvalue weighted by Gasteiger charge is -2.35. The summed E-state index contributed by atoms with van der Waals surface area (Å²) >= 11 is 0. The first-order valence-electron chi connectivity index (χ1n) is 7.39. The maximum atomic E-state index is 11.6. The summed E-state index contributed by atoms with van der Waals surface area (Å²) < 4.78 is 0. The van der Waals surface area contributed by atoms with E-state index in [1.807, 2.05) is 0 Å². The first-order valence-corrected chi connectivity index (χ1v) is 7.39. The van der Waals surface area contributed by atoms with Crippen LogP contribution < -0.4 is 16.4 Å². The fourth-order valence-electron chi connectivity index (χ4n) is 2.56. The summed E-state index contributed by atoms with van der Waals surface area (Å²) in [5, 5.41) is 14.7. The van der Waals surface area contributed by atoms with E-state index in [0.29, 0.717) is 31.7 Å². The number of aliphatic carboxylic acids is 1. The van der Waals surface area contributed by atoms with Crippen LogP contribution in [0, 0.1) is 11.3 Å². The molecule has 0 radical (unpaired) electrons. The first kappa shape index (κ1) is 17.3. The number of carboxylic acids is 1. The summed E-state index contributed by atoms with van der Waals surface area (Å²) in [4.78, 5) is 33.7. The molecule has 5 N–H and O–H groups in total. The smallest absolute Gasteiger partial charge is 0.314 e. The van der Waals surface area contributed by atoms with Gasteiger partial charge in [0.25, 0.3) is 0 Å². The Morgan fingerprint density at radius 1 is 1.24 bits per heavy atom.